The molecule has 0 fully saturated rings. The Bertz CT molecular complexity index is 274. The average Bonchev–Trinajstić information content (AvgIpc) is 2.50. The number of hydrogen-bond acceptors (Lipinski definition) is 4. The fourth-order valence-corrected chi connectivity index (χ4v) is 0.652. The molecule has 0 amide bonds. The highest BCUT2D eigenvalue weighted by Crippen LogP contribution is 2.15. The Hall–Kier alpha value is -1.39. The summed E-state index contributed by atoms with van der Waals surface area (Å²) >= 11 is 0. The van der Waals surface area contributed by atoms with Crippen LogP contribution in [0, 0.1) is 5.41 Å². The summed E-state index contributed by atoms with van der Waals surface area (Å²) in [6.45, 7) is 5.58. The number of nitrogens with one attached hydrogen (secondary N) is 1. The number of carbonyl (C=O) groups excluding carboxylic acids is 1. The van der Waals surface area contributed by atoms with Gasteiger partial charge in [0, 0.05) is 6.20 Å². The average molecular weight is 183 g/mol. The van der Waals surface area contributed by atoms with Crippen molar-refractivity contribution in [1.29, 1.82) is 0 Å². The normalized spacial score (nSPS) is 11.3. The van der Waals surface area contributed by atoms with Crippen molar-refractivity contribution in [2.45, 2.75) is 27.4 Å². The maximum absolute atomic E-state index is 11.3. The predicted molar refractivity (Wildman–Crippen MR) is 45.6 cm³/mol. The van der Waals surface area contributed by atoms with Crippen LogP contribution in [0.4, 0.5) is 0 Å². The van der Waals surface area contributed by atoms with Crippen LogP contribution in [0.1, 0.15) is 26.5 Å². The van der Waals surface area contributed by atoms with Crippen LogP contribution in [-0.2, 0) is 16.1 Å². The molecule has 0 radical (unpaired) electrons. The quantitative estimate of drug-likeness (QED) is 0.691. The van der Waals surface area contributed by atoms with Crippen LogP contribution in [0.2, 0.25) is 0 Å². The maximum Gasteiger partial charge on any atom is 0.311 e. The topological polar surface area (TPSA) is 67.9 Å². The highest BCUT2D eigenvalue weighted by atomic mass is 16.5. The van der Waals surface area contributed by atoms with Gasteiger partial charge >= 0.3 is 5.97 Å². The van der Waals surface area contributed by atoms with Gasteiger partial charge in [0.25, 0.3) is 0 Å². The van der Waals surface area contributed by atoms with Crippen LogP contribution in [-0.4, -0.2) is 21.4 Å². The molecule has 1 N–H and O–H groups in total. The number of ether oxygens (including phenoxy) is 1. The minimum atomic E-state index is -0.469. The molecule has 0 aliphatic carbocycles. The Labute approximate surface area is 76.5 Å². The predicted octanol–water partition coefficient (Wildman–Crippen LogP) is 0.894. The molecule has 0 atom stereocenters. The van der Waals surface area contributed by atoms with Crippen molar-refractivity contribution in [1.82, 2.24) is 15.4 Å². The lowest BCUT2D eigenvalue weighted by Crippen LogP contribution is -2.22. The van der Waals surface area contributed by atoms with Gasteiger partial charge in [-0.2, -0.15) is 0 Å². The van der Waals surface area contributed by atoms with E-state index in [1.165, 1.54) is 0 Å². The summed E-state index contributed by atoms with van der Waals surface area (Å²) in [6.07, 6.45) is 1.59. The summed E-state index contributed by atoms with van der Waals surface area (Å²) in [4.78, 5) is 11.3. The molecule has 0 aliphatic rings. The minimum Gasteiger partial charge on any atom is -0.459 e. The summed E-state index contributed by atoms with van der Waals surface area (Å²) in [6, 6.07) is 0. The van der Waals surface area contributed by atoms with Crippen molar-refractivity contribution >= 4 is 5.97 Å². The van der Waals surface area contributed by atoms with Crippen LogP contribution in [0.15, 0.2) is 6.20 Å². The van der Waals surface area contributed by atoms with Gasteiger partial charge in [-0.05, 0) is 20.8 Å². The van der Waals surface area contributed by atoms with Crippen LogP contribution >= 0.6 is 0 Å². The smallest absolute Gasteiger partial charge is 0.311 e. The number of carbonyl (C=O) groups is 1. The number of aromatic nitrogens is 3. The van der Waals surface area contributed by atoms with Crippen molar-refractivity contribution in [3.8, 4) is 0 Å². The molecule has 72 valence electrons. The Morgan fingerprint density at radius 1 is 1.62 bits per heavy atom. The van der Waals surface area contributed by atoms with Crippen molar-refractivity contribution in [2.75, 3.05) is 0 Å². The van der Waals surface area contributed by atoms with E-state index < -0.39 is 5.41 Å². The molecule has 0 bridgehead atoms. The molecule has 0 aromatic carbocycles. The Morgan fingerprint density at radius 2 is 2.31 bits per heavy atom. The zero-order valence-corrected chi connectivity index (χ0v) is 8.00. The first-order valence-electron chi connectivity index (χ1n) is 4.03. The number of aromatic amines is 1. The molecule has 13 heavy (non-hydrogen) atoms. The molecule has 0 spiro atoms. The maximum atomic E-state index is 11.3. The molecule has 0 saturated carbocycles. The van der Waals surface area contributed by atoms with Crippen LogP contribution in [0.5, 0.6) is 0 Å². The molecule has 1 aromatic rings. The molecular weight excluding hydrogens is 170 g/mol. The molecule has 5 heteroatoms. The minimum absolute atomic E-state index is 0.173. The first kappa shape index (κ1) is 9.70. The van der Waals surface area contributed by atoms with E-state index in [2.05, 4.69) is 15.4 Å². The van der Waals surface area contributed by atoms with E-state index in [1.807, 2.05) is 0 Å². The van der Waals surface area contributed by atoms with Gasteiger partial charge in [0.15, 0.2) is 0 Å². The SMILES string of the molecule is CC(C)(C)C(=O)OCc1c[nH]nn1. The van der Waals surface area contributed by atoms with E-state index in [0.717, 1.165) is 0 Å². The molecule has 1 heterocycles. The van der Waals surface area contributed by atoms with E-state index >= 15 is 0 Å². The number of H-pyrrole nitrogens is 1. The highest BCUT2D eigenvalue weighted by Gasteiger charge is 2.23. The van der Waals surface area contributed by atoms with Crippen LogP contribution in [0.3, 0.4) is 0 Å². The second kappa shape index (κ2) is 3.55. The van der Waals surface area contributed by atoms with Crippen molar-refractivity contribution in [3.63, 3.8) is 0 Å². The van der Waals surface area contributed by atoms with Crippen molar-refractivity contribution in [3.05, 3.63) is 11.9 Å². The number of nitrogens with zero attached hydrogens (tertiary/aromatic N) is 2. The van der Waals surface area contributed by atoms with Gasteiger partial charge < -0.3 is 4.74 Å². The first-order chi connectivity index (χ1) is 6.00. The fraction of sp³-hybridized carbons (Fsp3) is 0.625. The largest absolute Gasteiger partial charge is 0.459 e. The zero-order chi connectivity index (χ0) is 9.90. The lowest BCUT2D eigenvalue weighted by molar-refractivity contribution is -0.154. The molecular formula is C8H13N3O2. The number of hydrogen-bond donors (Lipinski definition) is 1. The van der Waals surface area contributed by atoms with E-state index in [9.17, 15) is 4.79 Å². The number of esters is 1. The third-order valence-electron chi connectivity index (χ3n) is 1.43. The van der Waals surface area contributed by atoms with E-state index in [4.69, 9.17) is 4.74 Å². The first-order valence-corrected chi connectivity index (χ1v) is 4.03. The van der Waals surface area contributed by atoms with Gasteiger partial charge in [-0.15, -0.1) is 5.10 Å². The molecule has 1 aromatic heterocycles. The van der Waals surface area contributed by atoms with Crippen LogP contribution < -0.4 is 0 Å². The molecule has 1 rings (SSSR count). The van der Waals surface area contributed by atoms with Gasteiger partial charge in [-0.25, -0.2) is 0 Å². The summed E-state index contributed by atoms with van der Waals surface area (Å²) in [5.74, 6) is -0.240. The summed E-state index contributed by atoms with van der Waals surface area (Å²) < 4.78 is 4.99. The van der Waals surface area contributed by atoms with Gasteiger partial charge in [0.1, 0.15) is 12.3 Å². The third kappa shape index (κ3) is 2.85. The van der Waals surface area contributed by atoms with E-state index in [-0.39, 0.29) is 12.6 Å². The Morgan fingerprint density at radius 3 is 2.77 bits per heavy atom. The summed E-state index contributed by atoms with van der Waals surface area (Å²) in [7, 11) is 0. The number of rotatable bonds is 2. The second-order valence-corrected chi connectivity index (χ2v) is 3.79. The van der Waals surface area contributed by atoms with Crippen LogP contribution in [0.25, 0.3) is 0 Å². The summed E-state index contributed by atoms with van der Waals surface area (Å²) in [5, 5.41) is 9.72. The van der Waals surface area contributed by atoms with E-state index in [0.29, 0.717) is 5.69 Å². The van der Waals surface area contributed by atoms with Crippen molar-refractivity contribution < 1.29 is 9.53 Å². The molecule has 0 unspecified atom stereocenters. The van der Waals surface area contributed by atoms with Gasteiger partial charge in [-0.1, -0.05) is 5.21 Å². The van der Waals surface area contributed by atoms with Crippen molar-refractivity contribution in [2.24, 2.45) is 5.41 Å². The molecule has 0 saturated heterocycles. The Balaban J connectivity index is 2.40. The molecule has 5 nitrogen and oxygen atoms in total. The zero-order valence-electron chi connectivity index (χ0n) is 8.00. The van der Waals surface area contributed by atoms with Gasteiger partial charge in [0.2, 0.25) is 0 Å². The lowest BCUT2D eigenvalue weighted by atomic mass is 9.97. The van der Waals surface area contributed by atoms with Gasteiger partial charge in [0.05, 0.1) is 5.41 Å². The molecule has 0 aliphatic heterocycles. The Kier molecular flexibility index (Phi) is 2.65. The van der Waals surface area contributed by atoms with Gasteiger partial charge in [-0.3, -0.25) is 9.89 Å². The summed E-state index contributed by atoms with van der Waals surface area (Å²) in [5.41, 5.74) is 0.154. The standard InChI is InChI=1S/C8H13N3O2/c1-8(2,3)7(12)13-5-6-4-9-11-10-6/h4H,5H2,1-3H3,(H,9,10,11). The third-order valence-corrected chi connectivity index (χ3v) is 1.43. The second-order valence-electron chi connectivity index (χ2n) is 3.79. The lowest BCUT2D eigenvalue weighted by Gasteiger charge is -2.15. The highest BCUT2D eigenvalue weighted by molar-refractivity contribution is 5.75. The monoisotopic (exact) mass is 183 g/mol. The van der Waals surface area contributed by atoms with E-state index in [1.54, 1.807) is 27.0 Å². The fourth-order valence-electron chi connectivity index (χ4n) is 0.652.